The standard InChI is InChI=1S/C11H13N7O3S/c1-16(2)22(20,21)15-8-5-12-18(7-8)9-6-13-17-4-3-10(19)14-11(9)17/h3-7,15H,1-2H3,(H,14,19). The summed E-state index contributed by atoms with van der Waals surface area (Å²) in [5, 5.41) is 8.16. The van der Waals surface area contributed by atoms with E-state index in [1.54, 1.807) is 0 Å². The Labute approximate surface area is 125 Å². The molecule has 0 atom stereocenters. The minimum absolute atomic E-state index is 0.269. The van der Waals surface area contributed by atoms with E-state index in [0.29, 0.717) is 17.0 Å². The van der Waals surface area contributed by atoms with Gasteiger partial charge in [-0.05, 0) is 0 Å². The molecule has 0 spiro atoms. The smallest absolute Gasteiger partial charge is 0.301 e. The maximum atomic E-state index is 11.8. The van der Waals surface area contributed by atoms with E-state index in [1.165, 1.54) is 54.1 Å². The molecule has 22 heavy (non-hydrogen) atoms. The van der Waals surface area contributed by atoms with E-state index in [0.717, 1.165) is 4.31 Å². The number of H-pyrrole nitrogens is 1. The summed E-state index contributed by atoms with van der Waals surface area (Å²) in [4.78, 5) is 14.1. The van der Waals surface area contributed by atoms with Gasteiger partial charge in [-0.15, -0.1) is 0 Å². The molecule has 0 bridgehead atoms. The van der Waals surface area contributed by atoms with Gasteiger partial charge in [0, 0.05) is 26.4 Å². The number of hydrogen-bond donors (Lipinski definition) is 2. The summed E-state index contributed by atoms with van der Waals surface area (Å²) in [5.74, 6) is 0. The maximum Gasteiger partial charge on any atom is 0.301 e. The molecule has 0 saturated carbocycles. The molecule has 0 amide bonds. The van der Waals surface area contributed by atoms with Gasteiger partial charge in [-0.3, -0.25) is 9.52 Å². The summed E-state index contributed by atoms with van der Waals surface area (Å²) in [6.07, 6.45) is 5.90. The fourth-order valence-electron chi connectivity index (χ4n) is 1.80. The van der Waals surface area contributed by atoms with Crippen LogP contribution in [0.1, 0.15) is 0 Å². The molecular formula is C11H13N7O3S. The molecule has 0 unspecified atom stereocenters. The molecule has 0 aliphatic rings. The predicted octanol–water partition coefficient (Wildman–Crippen LogP) is -0.573. The lowest BCUT2D eigenvalue weighted by molar-refractivity contribution is 0.527. The van der Waals surface area contributed by atoms with Crippen molar-refractivity contribution < 1.29 is 8.42 Å². The third-order valence-corrected chi connectivity index (χ3v) is 4.40. The highest BCUT2D eigenvalue weighted by Crippen LogP contribution is 2.15. The van der Waals surface area contributed by atoms with Crippen LogP contribution in [-0.2, 0) is 10.2 Å². The number of hydrogen-bond acceptors (Lipinski definition) is 5. The Kier molecular flexibility index (Phi) is 3.22. The van der Waals surface area contributed by atoms with E-state index in [1.807, 2.05) is 0 Å². The number of aromatic amines is 1. The Hall–Kier alpha value is -2.66. The van der Waals surface area contributed by atoms with Gasteiger partial charge in [-0.1, -0.05) is 0 Å². The maximum absolute atomic E-state index is 11.8. The summed E-state index contributed by atoms with van der Waals surface area (Å²) in [7, 11) is -0.766. The first-order valence-electron chi connectivity index (χ1n) is 6.19. The van der Waals surface area contributed by atoms with Crippen LogP contribution >= 0.6 is 0 Å². The Bertz CT molecular complexity index is 982. The fourth-order valence-corrected chi connectivity index (χ4v) is 2.39. The first-order chi connectivity index (χ1) is 10.4. The average molecular weight is 323 g/mol. The third kappa shape index (κ3) is 2.46. The molecule has 0 aromatic carbocycles. The lowest BCUT2D eigenvalue weighted by atomic mass is 10.5. The SMILES string of the molecule is CN(C)S(=O)(=O)Nc1cnn(-c2cnn3ccc(=O)[nH]c23)c1. The molecule has 3 aromatic rings. The normalized spacial score (nSPS) is 12.1. The van der Waals surface area contributed by atoms with Crippen LogP contribution in [0.25, 0.3) is 11.3 Å². The Morgan fingerprint density at radius 3 is 2.77 bits per heavy atom. The number of fused-ring (bicyclic) bond motifs is 1. The molecule has 3 aromatic heterocycles. The Balaban J connectivity index is 2.00. The molecule has 11 heteroatoms. The van der Waals surface area contributed by atoms with Crippen molar-refractivity contribution in [1.82, 2.24) is 28.7 Å². The molecule has 3 heterocycles. The van der Waals surface area contributed by atoms with Crippen LogP contribution in [0.4, 0.5) is 5.69 Å². The summed E-state index contributed by atoms with van der Waals surface area (Å²) in [6.45, 7) is 0. The van der Waals surface area contributed by atoms with Crippen LogP contribution in [0.3, 0.4) is 0 Å². The minimum Gasteiger partial charge on any atom is -0.305 e. The zero-order valence-electron chi connectivity index (χ0n) is 11.8. The number of anilines is 1. The number of nitrogens with zero attached hydrogens (tertiary/aromatic N) is 5. The van der Waals surface area contributed by atoms with Crippen LogP contribution in [0.15, 0.2) is 35.6 Å². The second kappa shape index (κ2) is 4.96. The fraction of sp³-hybridized carbons (Fsp3) is 0.182. The van der Waals surface area contributed by atoms with E-state index >= 15 is 0 Å². The van der Waals surface area contributed by atoms with Gasteiger partial charge in [0.15, 0.2) is 5.65 Å². The van der Waals surface area contributed by atoms with Gasteiger partial charge in [0.2, 0.25) is 0 Å². The van der Waals surface area contributed by atoms with Crippen molar-refractivity contribution in [3.8, 4) is 5.69 Å². The topological polar surface area (TPSA) is 117 Å². The van der Waals surface area contributed by atoms with E-state index in [-0.39, 0.29) is 5.56 Å². The van der Waals surface area contributed by atoms with Crippen LogP contribution < -0.4 is 10.3 Å². The van der Waals surface area contributed by atoms with Crippen molar-refractivity contribution in [2.45, 2.75) is 0 Å². The molecule has 2 N–H and O–H groups in total. The van der Waals surface area contributed by atoms with Gasteiger partial charge in [-0.2, -0.15) is 22.9 Å². The van der Waals surface area contributed by atoms with E-state index in [9.17, 15) is 13.2 Å². The summed E-state index contributed by atoms with van der Waals surface area (Å²) in [5.41, 5.74) is 1.01. The van der Waals surface area contributed by atoms with Gasteiger partial charge >= 0.3 is 10.2 Å². The molecule has 3 rings (SSSR count). The lowest BCUT2D eigenvalue weighted by Gasteiger charge is -2.11. The first-order valence-corrected chi connectivity index (χ1v) is 7.63. The predicted molar refractivity (Wildman–Crippen MR) is 79.2 cm³/mol. The van der Waals surface area contributed by atoms with Crippen molar-refractivity contribution in [2.75, 3.05) is 18.8 Å². The van der Waals surface area contributed by atoms with Crippen LogP contribution in [0.2, 0.25) is 0 Å². The monoisotopic (exact) mass is 323 g/mol. The van der Waals surface area contributed by atoms with Crippen molar-refractivity contribution >= 4 is 21.5 Å². The summed E-state index contributed by atoms with van der Waals surface area (Å²) >= 11 is 0. The number of nitrogens with one attached hydrogen (secondary N) is 2. The zero-order valence-corrected chi connectivity index (χ0v) is 12.6. The van der Waals surface area contributed by atoms with Crippen LogP contribution in [-0.4, -0.2) is 51.2 Å². The van der Waals surface area contributed by atoms with E-state index in [4.69, 9.17) is 0 Å². The second-order valence-electron chi connectivity index (χ2n) is 4.69. The Morgan fingerprint density at radius 1 is 1.27 bits per heavy atom. The van der Waals surface area contributed by atoms with Gasteiger partial charge in [0.1, 0.15) is 5.69 Å². The van der Waals surface area contributed by atoms with Crippen molar-refractivity contribution in [1.29, 1.82) is 0 Å². The molecule has 0 aliphatic carbocycles. The van der Waals surface area contributed by atoms with Crippen molar-refractivity contribution in [3.05, 3.63) is 41.2 Å². The molecule has 0 radical (unpaired) electrons. The van der Waals surface area contributed by atoms with Gasteiger partial charge in [-0.25, -0.2) is 9.20 Å². The van der Waals surface area contributed by atoms with Gasteiger partial charge in [0.05, 0.1) is 24.3 Å². The van der Waals surface area contributed by atoms with Gasteiger partial charge < -0.3 is 4.98 Å². The second-order valence-corrected chi connectivity index (χ2v) is 6.58. The summed E-state index contributed by atoms with van der Waals surface area (Å²) in [6, 6.07) is 1.35. The van der Waals surface area contributed by atoms with Crippen LogP contribution in [0, 0.1) is 0 Å². The highest BCUT2D eigenvalue weighted by atomic mass is 32.2. The molecule has 0 fully saturated rings. The molecule has 10 nitrogen and oxygen atoms in total. The highest BCUT2D eigenvalue weighted by molar-refractivity contribution is 7.90. The quantitative estimate of drug-likeness (QED) is 0.666. The molecule has 0 aliphatic heterocycles. The Morgan fingerprint density at radius 2 is 2.05 bits per heavy atom. The highest BCUT2D eigenvalue weighted by Gasteiger charge is 2.15. The molecule has 116 valence electrons. The number of aromatic nitrogens is 5. The van der Waals surface area contributed by atoms with E-state index in [2.05, 4.69) is 19.9 Å². The minimum atomic E-state index is -3.60. The van der Waals surface area contributed by atoms with Crippen molar-refractivity contribution in [3.63, 3.8) is 0 Å². The molecular weight excluding hydrogens is 310 g/mol. The van der Waals surface area contributed by atoms with Gasteiger partial charge in [0.25, 0.3) is 5.56 Å². The molecule has 0 saturated heterocycles. The number of rotatable bonds is 4. The van der Waals surface area contributed by atoms with E-state index < -0.39 is 10.2 Å². The summed E-state index contributed by atoms with van der Waals surface area (Å²) < 4.78 is 29.9. The first kappa shape index (κ1) is 14.3. The van der Waals surface area contributed by atoms with Crippen molar-refractivity contribution in [2.24, 2.45) is 0 Å². The third-order valence-electron chi connectivity index (χ3n) is 2.94. The zero-order chi connectivity index (χ0) is 15.9. The largest absolute Gasteiger partial charge is 0.305 e. The average Bonchev–Trinajstić information content (AvgIpc) is 3.04. The van der Waals surface area contributed by atoms with Crippen LogP contribution in [0.5, 0.6) is 0 Å². The lowest BCUT2D eigenvalue weighted by Crippen LogP contribution is -2.28.